The maximum atomic E-state index is 12.0. The summed E-state index contributed by atoms with van der Waals surface area (Å²) in [6.07, 6.45) is 1.72. The van der Waals surface area contributed by atoms with Gasteiger partial charge in [0, 0.05) is 20.0 Å². The lowest BCUT2D eigenvalue weighted by atomic mass is 9.95. The van der Waals surface area contributed by atoms with Crippen LogP contribution in [-0.2, 0) is 16.1 Å². The molecule has 0 saturated carbocycles. The van der Waals surface area contributed by atoms with Crippen molar-refractivity contribution in [3.05, 3.63) is 23.2 Å². The molecule has 0 unspecified atom stereocenters. The van der Waals surface area contributed by atoms with E-state index in [9.17, 15) is 9.59 Å². The Bertz CT molecular complexity index is 542. The summed E-state index contributed by atoms with van der Waals surface area (Å²) in [6, 6.07) is 1.75. The van der Waals surface area contributed by atoms with Crippen LogP contribution in [0.25, 0.3) is 0 Å². The van der Waals surface area contributed by atoms with E-state index in [1.807, 2.05) is 0 Å². The minimum atomic E-state index is -0.372. The first kappa shape index (κ1) is 16.5. The van der Waals surface area contributed by atoms with Crippen LogP contribution in [0, 0.1) is 12.8 Å². The van der Waals surface area contributed by atoms with Crippen LogP contribution in [-0.4, -0.2) is 56.0 Å². The Kier molecular flexibility index (Phi) is 5.24. The van der Waals surface area contributed by atoms with Crippen LogP contribution < -0.4 is 0 Å². The predicted molar refractivity (Wildman–Crippen MR) is 81.5 cm³/mol. The Labute approximate surface area is 131 Å². The number of rotatable bonds is 4. The van der Waals surface area contributed by atoms with Crippen molar-refractivity contribution in [3.8, 4) is 0 Å². The third kappa shape index (κ3) is 3.68. The fraction of sp³-hybridized carbons (Fsp3) is 0.625. The fourth-order valence-electron chi connectivity index (χ4n) is 2.86. The first-order valence-electron chi connectivity index (χ1n) is 7.53. The van der Waals surface area contributed by atoms with Crippen molar-refractivity contribution in [2.24, 2.45) is 5.92 Å². The summed E-state index contributed by atoms with van der Waals surface area (Å²) in [4.78, 5) is 27.5. The summed E-state index contributed by atoms with van der Waals surface area (Å²) < 4.78 is 10.4. The zero-order valence-electron chi connectivity index (χ0n) is 13.7. The quantitative estimate of drug-likeness (QED) is 0.792. The van der Waals surface area contributed by atoms with E-state index in [1.165, 1.54) is 7.11 Å². The van der Waals surface area contributed by atoms with Gasteiger partial charge in [-0.05, 0) is 38.9 Å². The lowest BCUT2D eigenvalue weighted by Gasteiger charge is -2.31. The molecule has 0 spiro atoms. The van der Waals surface area contributed by atoms with Crippen molar-refractivity contribution in [1.82, 2.24) is 9.80 Å². The number of ether oxygens (including phenoxy) is 1. The Morgan fingerprint density at radius 2 is 2.00 bits per heavy atom. The van der Waals surface area contributed by atoms with Gasteiger partial charge in [0.2, 0.25) is 5.91 Å². The molecule has 1 amide bonds. The van der Waals surface area contributed by atoms with Crippen molar-refractivity contribution in [2.45, 2.75) is 26.3 Å². The molecule has 122 valence electrons. The number of hydrogen-bond acceptors (Lipinski definition) is 5. The summed E-state index contributed by atoms with van der Waals surface area (Å²) in [6.45, 7) is 4.13. The topological polar surface area (TPSA) is 63.0 Å². The molecule has 1 fully saturated rings. The molecule has 0 aliphatic carbocycles. The molecule has 1 saturated heterocycles. The van der Waals surface area contributed by atoms with E-state index in [4.69, 9.17) is 9.15 Å². The molecule has 2 rings (SSSR count). The molecule has 22 heavy (non-hydrogen) atoms. The second-order valence-corrected chi connectivity index (χ2v) is 5.96. The molecule has 1 aromatic rings. The van der Waals surface area contributed by atoms with Gasteiger partial charge in [-0.1, -0.05) is 0 Å². The lowest BCUT2D eigenvalue weighted by Crippen LogP contribution is -2.39. The van der Waals surface area contributed by atoms with E-state index in [-0.39, 0.29) is 17.8 Å². The Balaban J connectivity index is 1.91. The second-order valence-electron chi connectivity index (χ2n) is 5.96. The van der Waals surface area contributed by atoms with Crippen LogP contribution in [0.4, 0.5) is 0 Å². The van der Waals surface area contributed by atoms with Crippen LogP contribution in [0.2, 0.25) is 0 Å². The third-order valence-corrected chi connectivity index (χ3v) is 4.13. The molecule has 1 aliphatic rings. The van der Waals surface area contributed by atoms with E-state index in [0.29, 0.717) is 17.9 Å². The summed E-state index contributed by atoms with van der Waals surface area (Å²) in [5.74, 6) is 1.30. The van der Waals surface area contributed by atoms with Crippen molar-refractivity contribution >= 4 is 11.9 Å². The molecule has 2 heterocycles. The van der Waals surface area contributed by atoms with Crippen molar-refractivity contribution in [3.63, 3.8) is 0 Å². The minimum Gasteiger partial charge on any atom is -0.465 e. The zero-order chi connectivity index (χ0) is 16.3. The molecule has 1 aliphatic heterocycles. The van der Waals surface area contributed by atoms with Crippen molar-refractivity contribution < 1.29 is 18.7 Å². The van der Waals surface area contributed by atoms with Gasteiger partial charge >= 0.3 is 5.97 Å². The fourth-order valence-corrected chi connectivity index (χ4v) is 2.86. The maximum absolute atomic E-state index is 12.0. The van der Waals surface area contributed by atoms with E-state index in [1.54, 1.807) is 32.0 Å². The number of hydrogen-bond donors (Lipinski definition) is 0. The van der Waals surface area contributed by atoms with Gasteiger partial charge in [0.15, 0.2) is 0 Å². The normalized spacial score (nSPS) is 16.5. The number of amides is 1. The third-order valence-electron chi connectivity index (χ3n) is 4.13. The summed E-state index contributed by atoms with van der Waals surface area (Å²) in [5, 5.41) is 0. The van der Waals surface area contributed by atoms with E-state index < -0.39 is 0 Å². The zero-order valence-corrected chi connectivity index (χ0v) is 13.7. The second kappa shape index (κ2) is 6.96. The number of esters is 1. The van der Waals surface area contributed by atoms with Crippen LogP contribution in [0.15, 0.2) is 10.5 Å². The standard InChI is InChI=1S/C16H24N2O4/c1-11-14(16(20)21-4)9-13(22-11)10-18-7-5-12(6-8-18)15(19)17(2)3/h9,12H,5-8,10H2,1-4H3. The van der Waals surface area contributed by atoms with Gasteiger partial charge in [0.1, 0.15) is 17.1 Å². The number of nitrogens with zero attached hydrogens (tertiary/aromatic N) is 2. The molecule has 0 atom stereocenters. The summed E-state index contributed by atoms with van der Waals surface area (Å²) >= 11 is 0. The molecule has 0 bridgehead atoms. The van der Waals surface area contributed by atoms with Gasteiger partial charge in [-0.2, -0.15) is 0 Å². The summed E-state index contributed by atoms with van der Waals surface area (Å²) in [5.41, 5.74) is 0.482. The molecular formula is C16H24N2O4. The minimum absolute atomic E-state index is 0.121. The van der Waals surface area contributed by atoms with E-state index in [0.717, 1.165) is 31.7 Å². The highest BCUT2D eigenvalue weighted by Gasteiger charge is 2.26. The number of carbonyl (C=O) groups is 2. The monoisotopic (exact) mass is 308 g/mol. The van der Waals surface area contributed by atoms with E-state index >= 15 is 0 Å². The number of aryl methyl sites for hydroxylation is 1. The maximum Gasteiger partial charge on any atom is 0.341 e. The Morgan fingerprint density at radius 3 is 2.55 bits per heavy atom. The highest BCUT2D eigenvalue weighted by atomic mass is 16.5. The SMILES string of the molecule is COC(=O)c1cc(CN2CCC(C(=O)N(C)C)CC2)oc1C. The van der Waals surface area contributed by atoms with Gasteiger partial charge in [-0.3, -0.25) is 9.69 Å². The van der Waals surface area contributed by atoms with Gasteiger partial charge < -0.3 is 14.1 Å². The molecule has 0 N–H and O–H groups in total. The summed E-state index contributed by atoms with van der Waals surface area (Å²) in [7, 11) is 4.96. The number of likely N-dealkylation sites (tertiary alicyclic amines) is 1. The Morgan fingerprint density at radius 1 is 1.36 bits per heavy atom. The first-order valence-corrected chi connectivity index (χ1v) is 7.53. The number of furan rings is 1. The van der Waals surface area contributed by atoms with Crippen molar-refractivity contribution in [1.29, 1.82) is 0 Å². The Hall–Kier alpha value is -1.82. The molecule has 0 radical (unpaired) electrons. The number of carbonyl (C=O) groups excluding carboxylic acids is 2. The van der Waals surface area contributed by atoms with Crippen molar-refractivity contribution in [2.75, 3.05) is 34.3 Å². The largest absolute Gasteiger partial charge is 0.465 e. The molecule has 6 heteroatoms. The highest BCUT2D eigenvalue weighted by Crippen LogP contribution is 2.22. The van der Waals surface area contributed by atoms with Crippen LogP contribution >= 0.6 is 0 Å². The van der Waals surface area contributed by atoms with Gasteiger partial charge in [0.05, 0.1) is 13.7 Å². The van der Waals surface area contributed by atoms with Crippen LogP contribution in [0.3, 0.4) is 0 Å². The average Bonchev–Trinajstić information content (AvgIpc) is 2.87. The molecule has 6 nitrogen and oxygen atoms in total. The molecule has 0 aromatic carbocycles. The van der Waals surface area contributed by atoms with E-state index in [2.05, 4.69) is 4.90 Å². The lowest BCUT2D eigenvalue weighted by molar-refractivity contribution is -0.134. The molecular weight excluding hydrogens is 284 g/mol. The first-order chi connectivity index (χ1) is 10.4. The highest BCUT2D eigenvalue weighted by molar-refractivity contribution is 5.90. The van der Waals surface area contributed by atoms with Gasteiger partial charge in [0.25, 0.3) is 0 Å². The average molecular weight is 308 g/mol. The number of methoxy groups -OCH3 is 1. The van der Waals surface area contributed by atoms with Crippen LogP contribution in [0.5, 0.6) is 0 Å². The molecule has 1 aromatic heterocycles. The smallest absolute Gasteiger partial charge is 0.341 e. The van der Waals surface area contributed by atoms with Gasteiger partial charge in [-0.25, -0.2) is 4.79 Å². The van der Waals surface area contributed by atoms with Gasteiger partial charge in [-0.15, -0.1) is 0 Å². The van der Waals surface area contributed by atoms with Crippen LogP contribution in [0.1, 0.15) is 34.7 Å². The number of piperidine rings is 1. The predicted octanol–water partition coefficient (Wildman–Crippen LogP) is 1.67.